The van der Waals surface area contributed by atoms with Crippen LogP contribution < -0.4 is 41.2 Å². The molecule has 0 heterocycles. The molecule has 6 N–H and O–H groups in total. The monoisotopic (exact) mass is 558 g/mol. The highest BCUT2D eigenvalue weighted by atomic mass is 16.7. The first kappa shape index (κ1) is 31.4. The van der Waals surface area contributed by atoms with Crippen LogP contribution >= 0.6 is 0 Å². The molecule has 0 saturated heterocycles. The molecular weight excluding hydrogens is 524 g/mol. The molecule has 0 aromatic heterocycles. The maximum absolute atomic E-state index is 13.2. The van der Waals surface area contributed by atoms with E-state index < -0.39 is 17.0 Å². The number of methoxy groups -OCH3 is 4. The van der Waals surface area contributed by atoms with Crippen LogP contribution in [0.2, 0.25) is 0 Å². The standard InChI is InChI=1S/C26H34N6O8/c1-15(23(33)17-13-21(38-3)24(40-5)22(14-17)39-4)11-16-8-9-20(37-2)19(12-16)30-25(34)18(27)7-6-10-29-26(28)31-32(35)36/h8-9,11-14,18H,6-7,10,27H2,1-5H3,(H,30,34)(H3,28,29,31)/b15-11+. The molecule has 0 saturated carbocycles. The summed E-state index contributed by atoms with van der Waals surface area (Å²) < 4.78 is 21.4. The Morgan fingerprint density at radius 3 is 2.23 bits per heavy atom. The smallest absolute Gasteiger partial charge is 0.251 e. The minimum atomic E-state index is -0.882. The summed E-state index contributed by atoms with van der Waals surface area (Å²) in [7, 11) is 5.87. The number of ketones is 1. The van der Waals surface area contributed by atoms with Crippen molar-refractivity contribution >= 4 is 29.4 Å². The number of nitrogens with one attached hydrogen (secondary N) is 2. The van der Waals surface area contributed by atoms with Crippen molar-refractivity contribution in [1.29, 1.82) is 0 Å². The lowest BCUT2D eigenvalue weighted by atomic mass is 10.0. The van der Waals surface area contributed by atoms with Crippen LogP contribution in [0.4, 0.5) is 5.69 Å². The molecule has 0 radical (unpaired) electrons. The lowest BCUT2D eigenvalue weighted by Gasteiger charge is -2.15. The van der Waals surface area contributed by atoms with Crippen LogP contribution in [-0.4, -0.2) is 63.7 Å². The Kier molecular flexibility index (Phi) is 11.7. The molecule has 2 aromatic rings. The van der Waals surface area contributed by atoms with Crippen LogP contribution in [0, 0.1) is 10.1 Å². The molecule has 216 valence electrons. The zero-order valence-electron chi connectivity index (χ0n) is 23.0. The van der Waals surface area contributed by atoms with Crippen LogP contribution in [0.1, 0.15) is 35.7 Å². The number of amides is 1. The Morgan fingerprint density at radius 1 is 1.05 bits per heavy atom. The lowest BCUT2D eigenvalue weighted by Crippen LogP contribution is -2.37. The van der Waals surface area contributed by atoms with Gasteiger partial charge in [-0.25, -0.2) is 15.1 Å². The van der Waals surface area contributed by atoms with Crippen molar-refractivity contribution < 1.29 is 33.6 Å². The van der Waals surface area contributed by atoms with Gasteiger partial charge in [0.05, 0.1) is 40.2 Å². The Balaban J connectivity index is 2.17. The Labute approximate surface area is 231 Å². The fourth-order valence-corrected chi connectivity index (χ4v) is 3.66. The number of nitrogens with zero attached hydrogens (tertiary/aromatic N) is 2. The topological polar surface area (TPSA) is 203 Å². The molecule has 1 unspecified atom stereocenters. The van der Waals surface area contributed by atoms with Crippen molar-refractivity contribution in [1.82, 2.24) is 5.43 Å². The second-order valence-electron chi connectivity index (χ2n) is 8.40. The van der Waals surface area contributed by atoms with Crippen molar-refractivity contribution in [3.63, 3.8) is 0 Å². The molecule has 40 heavy (non-hydrogen) atoms. The van der Waals surface area contributed by atoms with E-state index in [-0.39, 0.29) is 24.7 Å². The third-order valence-electron chi connectivity index (χ3n) is 5.65. The van der Waals surface area contributed by atoms with E-state index >= 15 is 0 Å². The third-order valence-corrected chi connectivity index (χ3v) is 5.65. The highest BCUT2D eigenvalue weighted by molar-refractivity contribution is 6.11. The average Bonchev–Trinajstić information content (AvgIpc) is 2.93. The molecule has 1 amide bonds. The second-order valence-corrected chi connectivity index (χ2v) is 8.40. The molecule has 14 heteroatoms. The number of carbonyl (C=O) groups excluding carboxylic acids is 2. The number of allylic oxidation sites excluding steroid dienone is 1. The fourth-order valence-electron chi connectivity index (χ4n) is 3.66. The van der Waals surface area contributed by atoms with E-state index in [1.807, 2.05) is 0 Å². The number of benzene rings is 2. The first-order chi connectivity index (χ1) is 19.0. The van der Waals surface area contributed by atoms with Gasteiger partial charge in [0.25, 0.3) is 5.96 Å². The lowest BCUT2D eigenvalue weighted by molar-refractivity contribution is -0.525. The van der Waals surface area contributed by atoms with Crippen molar-refractivity contribution in [2.24, 2.45) is 16.5 Å². The highest BCUT2D eigenvalue weighted by Crippen LogP contribution is 2.38. The molecule has 0 bridgehead atoms. The number of nitrogens with two attached hydrogens (primary N) is 2. The van der Waals surface area contributed by atoms with Gasteiger partial charge in [0.2, 0.25) is 11.7 Å². The number of rotatable bonds is 14. The molecule has 0 spiro atoms. The van der Waals surface area contributed by atoms with Gasteiger partial charge in [-0.2, -0.15) is 0 Å². The van der Waals surface area contributed by atoms with E-state index in [2.05, 4.69) is 10.3 Å². The number of guanidine groups is 1. The van der Waals surface area contributed by atoms with Crippen LogP contribution in [0.15, 0.2) is 40.9 Å². The summed E-state index contributed by atoms with van der Waals surface area (Å²) in [4.78, 5) is 40.0. The molecule has 0 aliphatic rings. The average molecular weight is 559 g/mol. The number of anilines is 1. The van der Waals surface area contributed by atoms with Gasteiger partial charge in [-0.1, -0.05) is 11.5 Å². The van der Waals surface area contributed by atoms with Crippen molar-refractivity contribution in [2.75, 3.05) is 40.3 Å². The summed E-state index contributed by atoms with van der Waals surface area (Å²) in [5.74, 6) is 0.413. The van der Waals surface area contributed by atoms with Gasteiger partial charge < -0.3 is 35.7 Å². The summed E-state index contributed by atoms with van der Waals surface area (Å²) in [6.07, 6.45) is 2.30. The van der Waals surface area contributed by atoms with Gasteiger partial charge in [0, 0.05) is 12.1 Å². The Bertz CT molecular complexity index is 1270. The fraction of sp³-hybridized carbons (Fsp3) is 0.346. The predicted octanol–water partition coefficient (Wildman–Crippen LogP) is 2.15. The first-order valence-electron chi connectivity index (χ1n) is 12.0. The number of aliphatic imine (C=N–C) groups is 1. The number of Topliss-reactive ketones (excluding diaryl/α,β-unsaturated/α-hetero) is 1. The molecule has 0 aliphatic carbocycles. The molecule has 2 rings (SSSR count). The van der Waals surface area contributed by atoms with E-state index in [1.54, 1.807) is 48.8 Å². The number of hydrogen-bond donors (Lipinski definition) is 4. The van der Waals surface area contributed by atoms with Gasteiger partial charge in [-0.3, -0.25) is 9.59 Å². The van der Waals surface area contributed by atoms with Crippen molar-refractivity contribution in [3.05, 3.63) is 57.1 Å². The van der Waals surface area contributed by atoms with E-state index in [4.69, 9.17) is 30.4 Å². The summed E-state index contributed by atoms with van der Waals surface area (Å²) in [6.45, 7) is 1.82. The maximum Gasteiger partial charge on any atom is 0.251 e. The minimum absolute atomic E-state index is 0.149. The summed E-state index contributed by atoms with van der Waals surface area (Å²) in [6, 6.07) is 7.31. The zero-order valence-corrected chi connectivity index (χ0v) is 23.0. The molecule has 0 fully saturated rings. The van der Waals surface area contributed by atoms with Crippen LogP contribution in [0.3, 0.4) is 0 Å². The van der Waals surface area contributed by atoms with Gasteiger partial charge in [-0.15, -0.1) is 0 Å². The number of hydrogen-bond acceptors (Lipinski definition) is 10. The van der Waals surface area contributed by atoms with Crippen LogP contribution in [-0.2, 0) is 4.79 Å². The SMILES string of the molecule is COc1ccc(/C=C(\C)C(=O)c2cc(OC)c(OC)c(OC)c2)cc1NC(=O)C(N)CCCN=C(N)N[N+](=O)[O-]. The zero-order chi connectivity index (χ0) is 29.8. The molecule has 2 aromatic carbocycles. The van der Waals surface area contributed by atoms with Crippen molar-refractivity contribution in [3.8, 4) is 23.0 Å². The van der Waals surface area contributed by atoms with Gasteiger partial charge in [-0.05, 0) is 61.2 Å². The molecule has 0 aliphatic heterocycles. The van der Waals surface area contributed by atoms with Gasteiger partial charge in [0.15, 0.2) is 22.3 Å². The van der Waals surface area contributed by atoms with Gasteiger partial charge >= 0.3 is 0 Å². The minimum Gasteiger partial charge on any atom is -0.495 e. The number of nitro groups is 1. The number of ether oxygens (including phenoxy) is 4. The second kappa shape index (κ2) is 14.9. The van der Waals surface area contributed by atoms with E-state index in [0.29, 0.717) is 51.8 Å². The first-order valence-corrected chi connectivity index (χ1v) is 12.0. The summed E-state index contributed by atoms with van der Waals surface area (Å²) in [5.41, 5.74) is 14.8. The van der Waals surface area contributed by atoms with E-state index in [0.717, 1.165) is 0 Å². The largest absolute Gasteiger partial charge is 0.495 e. The van der Waals surface area contributed by atoms with E-state index in [1.165, 1.54) is 28.4 Å². The number of hydrazine groups is 1. The van der Waals surface area contributed by atoms with Crippen LogP contribution in [0.5, 0.6) is 23.0 Å². The number of carbonyl (C=O) groups is 2. The third kappa shape index (κ3) is 8.59. The summed E-state index contributed by atoms with van der Waals surface area (Å²) in [5, 5.41) is 12.3. The molecule has 1 atom stereocenters. The summed E-state index contributed by atoms with van der Waals surface area (Å²) >= 11 is 0. The van der Waals surface area contributed by atoms with Crippen LogP contribution in [0.25, 0.3) is 6.08 Å². The molecule has 14 nitrogen and oxygen atoms in total. The van der Waals surface area contributed by atoms with Crippen molar-refractivity contribution in [2.45, 2.75) is 25.8 Å². The Hall–Kier alpha value is -4.85. The predicted molar refractivity (Wildman–Crippen MR) is 150 cm³/mol. The highest BCUT2D eigenvalue weighted by Gasteiger charge is 2.19. The Morgan fingerprint density at radius 2 is 1.68 bits per heavy atom. The van der Waals surface area contributed by atoms with Gasteiger partial charge in [0.1, 0.15) is 5.75 Å². The normalized spacial score (nSPS) is 12.2. The quantitative estimate of drug-likeness (QED) is 0.0503. The van der Waals surface area contributed by atoms with E-state index in [9.17, 15) is 19.7 Å². The maximum atomic E-state index is 13.2. The molecular formula is C26H34N6O8.